The van der Waals surface area contributed by atoms with Gasteiger partial charge in [-0.15, -0.1) is 0 Å². The molecule has 0 atom stereocenters. The van der Waals surface area contributed by atoms with Gasteiger partial charge in [-0.05, 0) is 42.7 Å². The van der Waals surface area contributed by atoms with E-state index in [4.69, 9.17) is 0 Å². The molecule has 0 saturated heterocycles. The summed E-state index contributed by atoms with van der Waals surface area (Å²) in [6, 6.07) is 10.4. The van der Waals surface area contributed by atoms with E-state index in [2.05, 4.69) is 43.4 Å². The van der Waals surface area contributed by atoms with Gasteiger partial charge in [-0.1, -0.05) is 63.8 Å². The van der Waals surface area contributed by atoms with E-state index in [1.165, 1.54) is 63.5 Å². The topological polar surface area (TPSA) is 12.0 Å². The first-order valence-corrected chi connectivity index (χ1v) is 9.03. The zero-order valence-electron chi connectivity index (χ0n) is 13.8. The van der Waals surface area contributed by atoms with Crippen molar-refractivity contribution in [1.29, 1.82) is 0 Å². The molecule has 3 rings (SSSR count). The Labute approximate surface area is 130 Å². The van der Waals surface area contributed by atoms with E-state index in [1.807, 2.05) is 0 Å². The predicted molar refractivity (Wildman–Crippen MR) is 90.9 cm³/mol. The van der Waals surface area contributed by atoms with Crippen LogP contribution in [0, 0.1) is 0 Å². The van der Waals surface area contributed by atoms with E-state index in [9.17, 15) is 0 Å². The van der Waals surface area contributed by atoms with Gasteiger partial charge >= 0.3 is 0 Å². The van der Waals surface area contributed by atoms with E-state index in [0.717, 1.165) is 6.04 Å². The predicted octanol–water partition coefficient (Wildman–Crippen LogP) is 5.15. The van der Waals surface area contributed by atoms with Gasteiger partial charge in [0.15, 0.2) is 0 Å². The van der Waals surface area contributed by atoms with Gasteiger partial charge in [0.2, 0.25) is 0 Å². The lowest BCUT2D eigenvalue weighted by molar-refractivity contribution is 0.346. The highest BCUT2D eigenvalue weighted by Gasteiger charge is 2.34. The first-order chi connectivity index (χ1) is 10.2. The monoisotopic (exact) mass is 285 g/mol. The standard InChI is InChI=1S/C20H31N/c1-16(2)17-7-9-18(10-8-17)20(15-21-19-11-12-19)13-5-3-4-6-14-20/h7-10,16,19,21H,3-6,11-15H2,1-2H3. The van der Waals surface area contributed by atoms with Crippen LogP contribution in [0.3, 0.4) is 0 Å². The molecule has 2 aliphatic rings. The van der Waals surface area contributed by atoms with Crippen LogP contribution in [0.1, 0.15) is 82.3 Å². The van der Waals surface area contributed by atoms with E-state index < -0.39 is 0 Å². The van der Waals surface area contributed by atoms with Crippen LogP contribution in [-0.4, -0.2) is 12.6 Å². The Morgan fingerprint density at radius 3 is 2.14 bits per heavy atom. The summed E-state index contributed by atoms with van der Waals surface area (Å²) in [6.45, 7) is 5.76. The molecule has 0 bridgehead atoms. The molecule has 0 heterocycles. The molecule has 2 saturated carbocycles. The summed E-state index contributed by atoms with van der Waals surface area (Å²) >= 11 is 0. The molecule has 1 aromatic rings. The van der Waals surface area contributed by atoms with E-state index >= 15 is 0 Å². The van der Waals surface area contributed by atoms with Gasteiger partial charge in [0.25, 0.3) is 0 Å². The fourth-order valence-electron chi connectivity index (χ4n) is 3.82. The Balaban J connectivity index is 1.81. The molecule has 1 heteroatoms. The van der Waals surface area contributed by atoms with Crippen LogP contribution in [0.2, 0.25) is 0 Å². The SMILES string of the molecule is CC(C)c1ccc(C2(CNC3CC3)CCCCCC2)cc1. The third-order valence-electron chi connectivity index (χ3n) is 5.56. The second-order valence-corrected chi connectivity index (χ2v) is 7.63. The van der Waals surface area contributed by atoms with Gasteiger partial charge < -0.3 is 5.32 Å². The molecule has 1 nitrogen and oxygen atoms in total. The van der Waals surface area contributed by atoms with Crippen LogP contribution in [0.25, 0.3) is 0 Å². The molecular weight excluding hydrogens is 254 g/mol. The van der Waals surface area contributed by atoms with Crippen LogP contribution in [-0.2, 0) is 5.41 Å². The highest BCUT2D eigenvalue weighted by molar-refractivity contribution is 5.31. The third-order valence-corrected chi connectivity index (χ3v) is 5.56. The molecule has 21 heavy (non-hydrogen) atoms. The lowest BCUT2D eigenvalue weighted by Gasteiger charge is -2.34. The number of nitrogens with one attached hydrogen (secondary N) is 1. The zero-order chi connectivity index (χ0) is 14.7. The minimum Gasteiger partial charge on any atom is -0.313 e. The smallest absolute Gasteiger partial charge is 0.00778 e. The highest BCUT2D eigenvalue weighted by atomic mass is 15.0. The maximum Gasteiger partial charge on any atom is 0.00778 e. The highest BCUT2D eigenvalue weighted by Crippen LogP contribution is 2.39. The van der Waals surface area contributed by atoms with Crippen molar-refractivity contribution in [2.45, 2.75) is 82.6 Å². The molecule has 0 aromatic heterocycles. The molecule has 0 unspecified atom stereocenters. The lowest BCUT2D eigenvalue weighted by Crippen LogP contribution is -2.39. The van der Waals surface area contributed by atoms with Crippen molar-refractivity contribution in [1.82, 2.24) is 5.32 Å². The number of hydrogen-bond acceptors (Lipinski definition) is 1. The van der Waals surface area contributed by atoms with Crippen LogP contribution in [0.15, 0.2) is 24.3 Å². The van der Waals surface area contributed by atoms with E-state index in [1.54, 1.807) is 5.56 Å². The molecular formula is C20H31N. The second kappa shape index (κ2) is 6.52. The average molecular weight is 285 g/mol. The molecule has 0 spiro atoms. The average Bonchev–Trinajstić information content (AvgIpc) is 3.33. The van der Waals surface area contributed by atoms with Crippen molar-refractivity contribution in [2.24, 2.45) is 0 Å². The summed E-state index contributed by atoms with van der Waals surface area (Å²) in [5, 5.41) is 3.83. The molecule has 2 fully saturated rings. The summed E-state index contributed by atoms with van der Waals surface area (Å²) in [6.07, 6.45) is 11.2. The first-order valence-electron chi connectivity index (χ1n) is 9.03. The van der Waals surface area contributed by atoms with Gasteiger partial charge in [0.05, 0.1) is 0 Å². The van der Waals surface area contributed by atoms with E-state index in [0.29, 0.717) is 11.3 Å². The maximum atomic E-state index is 3.83. The molecule has 0 radical (unpaired) electrons. The van der Waals surface area contributed by atoms with Crippen molar-refractivity contribution in [3.05, 3.63) is 35.4 Å². The van der Waals surface area contributed by atoms with Gasteiger partial charge in [0, 0.05) is 18.0 Å². The van der Waals surface area contributed by atoms with Gasteiger partial charge in [-0.2, -0.15) is 0 Å². The van der Waals surface area contributed by atoms with Gasteiger partial charge in [-0.3, -0.25) is 0 Å². The Bertz CT molecular complexity index is 433. The maximum absolute atomic E-state index is 3.83. The summed E-state index contributed by atoms with van der Waals surface area (Å²) in [5.41, 5.74) is 3.45. The molecule has 1 N–H and O–H groups in total. The summed E-state index contributed by atoms with van der Waals surface area (Å²) in [4.78, 5) is 0. The van der Waals surface area contributed by atoms with Crippen molar-refractivity contribution in [2.75, 3.05) is 6.54 Å². The molecule has 1 aromatic carbocycles. The Kier molecular flexibility index (Phi) is 4.69. The minimum atomic E-state index is 0.397. The third kappa shape index (κ3) is 3.69. The molecule has 0 amide bonds. The quantitative estimate of drug-likeness (QED) is 0.737. The number of benzene rings is 1. The summed E-state index contributed by atoms with van der Waals surface area (Å²) in [7, 11) is 0. The van der Waals surface area contributed by atoms with Crippen LogP contribution in [0.4, 0.5) is 0 Å². The molecule has 0 aliphatic heterocycles. The van der Waals surface area contributed by atoms with Crippen LogP contribution in [0.5, 0.6) is 0 Å². The lowest BCUT2D eigenvalue weighted by atomic mass is 9.73. The van der Waals surface area contributed by atoms with E-state index in [-0.39, 0.29) is 0 Å². The summed E-state index contributed by atoms with van der Waals surface area (Å²) < 4.78 is 0. The largest absolute Gasteiger partial charge is 0.313 e. The Morgan fingerprint density at radius 2 is 1.62 bits per heavy atom. The van der Waals surface area contributed by atoms with Crippen molar-refractivity contribution in [3.8, 4) is 0 Å². The fraction of sp³-hybridized carbons (Fsp3) is 0.700. The fourth-order valence-corrected chi connectivity index (χ4v) is 3.82. The number of hydrogen-bond donors (Lipinski definition) is 1. The Morgan fingerprint density at radius 1 is 1.00 bits per heavy atom. The van der Waals surface area contributed by atoms with Crippen molar-refractivity contribution in [3.63, 3.8) is 0 Å². The zero-order valence-corrected chi connectivity index (χ0v) is 13.8. The Hall–Kier alpha value is -0.820. The van der Waals surface area contributed by atoms with Crippen LogP contribution >= 0.6 is 0 Å². The molecule has 2 aliphatic carbocycles. The number of rotatable bonds is 5. The minimum absolute atomic E-state index is 0.397. The van der Waals surface area contributed by atoms with Crippen molar-refractivity contribution < 1.29 is 0 Å². The second-order valence-electron chi connectivity index (χ2n) is 7.63. The molecule has 116 valence electrons. The van der Waals surface area contributed by atoms with Gasteiger partial charge in [0.1, 0.15) is 0 Å². The van der Waals surface area contributed by atoms with Crippen LogP contribution < -0.4 is 5.32 Å². The first kappa shape index (κ1) is 15.1. The van der Waals surface area contributed by atoms with Gasteiger partial charge in [-0.25, -0.2) is 0 Å². The summed E-state index contributed by atoms with van der Waals surface area (Å²) in [5.74, 6) is 0.633. The van der Waals surface area contributed by atoms with Crippen molar-refractivity contribution >= 4 is 0 Å². The normalized spacial score (nSPS) is 22.2.